The van der Waals surface area contributed by atoms with Crippen LogP contribution in [-0.4, -0.2) is 61.0 Å². The summed E-state index contributed by atoms with van der Waals surface area (Å²) in [6.45, 7) is 5.04. The lowest BCUT2D eigenvalue weighted by molar-refractivity contribution is -0.0820. The van der Waals surface area contributed by atoms with Crippen molar-refractivity contribution in [2.45, 2.75) is 31.0 Å². The molecule has 0 saturated carbocycles. The fraction of sp³-hybridized carbons (Fsp3) is 0.478. The van der Waals surface area contributed by atoms with Crippen LogP contribution in [0.3, 0.4) is 0 Å². The minimum atomic E-state index is -0.211. The molecule has 2 atom stereocenters. The molecule has 2 aliphatic heterocycles. The van der Waals surface area contributed by atoms with Crippen LogP contribution in [0.2, 0.25) is 0 Å². The highest BCUT2D eigenvalue weighted by molar-refractivity contribution is 5.39. The van der Waals surface area contributed by atoms with E-state index in [4.69, 9.17) is 14.7 Å². The second kappa shape index (κ2) is 9.36. The summed E-state index contributed by atoms with van der Waals surface area (Å²) in [5.74, 6) is 0.773. The Kier molecular flexibility index (Phi) is 6.40. The van der Waals surface area contributed by atoms with Gasteiger partial charge in [-0.2, -0.15) is 5.26 Å². The molecule has 2 aromatic rings. The first-order chi connectivity index (χ1) is 14.2. The molecule has 0 aliphatic carbocycles. The van der Waals surface area contributed by atoms with Gasteiger partial charge in [-0.1, -0.05) is 30.3 Å². The van der Waals surface area contributed by atoms with Crippen LogP contribution in [0, 0.1) is 11.3 Å². The minimum Gasteiger partial charge on any atom is -0.377 e. The van der Waals surface area contributed by atoms with Gasteiger partial charge >= 0.3 is 0 Å². The molecule has 4 rings (SSSR count). The number of ether oxygens (including phenoxy) is 2. The van der Waals surface area contributed by atoms with E-state index in [0.717, 1.165) is 51.3 Å². The molecule has 6 heteroatoms. The third-order valence-electron chi connectivity index (χ3n) is 5.73. The fourth-order valence-corrected chi connectivity index (χ4v) is 4.15. The van der Waals surface area contributed by atoms with Crippen molar-refractivity contribution in [2.24, 2.45) is 0 Å². The first-order valence-corrected chi connectivity index (χ1v) is 10.4. The highest BCUT2D eigenvalue weighted by Crippen LogP contribution is 2.33. The maximum absolute atomic E-state index is 8.87. The highest BCUT2D eigenvalue weighted by atomic mass is 16.6. The first kappa shape index (κ1) is 19.8. The third kappa shape index (κ3) is 5.33. The summed E-state index contributed by atoms with van der Waals surface area (Å²) in [5.41, 5.74) is 1.73. The lowest BCUT2D eigenvalue weighted by atomic mass is 10.00. The molecule has 2 unspecified atom stereocenters. The molecule has 152 valence electrons. The fourth-order valence-electron chi connectivity index (χ4n) is 4.15. The Morgan fingerprint density at radius 2 is 2.14 bits per heavy atom. The molecule has 1 spiro atoms. The summed E-state index contributed by atoms with van der Waals surface area (Å²) in [4.78, 5) is 6.76. The van der Waals surface area contributed by atoms with Crippen molar-refractivity contribution < 1.29 is 9.47 Å². The Morgan fingerprint density at radius 3 is 2.93 bits per heavy atom. The summed E-state index contributed by atoms with van der Waals surface area (Å²) in [6, 6.07) is 16.3. The minimum absolute atomic E-state index is 0.144. The quantitative estimate of drug-likeness (QED) is 0.815. The normalized spacial score (nSPS) is 24.9. The zero-order valence-electron chi connectivity index (χ0n) is 16.7. The number of rotatable bonds is 6. The first-order valence-electron chi connectivity index (χ1n) is 10.4. The second-order valence-corrected chi connectivity index (χ2v) is 7.95. The molecular formula is C23H28N4O2. The molecule has 2 fully saturated rings. The number of pyridine rings is 1. The van der Waals surface area contributed by atoms with Crippen LogP contribution in [0.4, 0.5) is 5.82 Å². The number of anilines is 1. The van der Waals surface area contributed by atoms with Gasteiger partial charge in [0.15, 0.2) is 0 Å². The van der Waals surface area contributed by atoms with Gasteiger partial charge < -0.3 is 14.8 Å². The molecule has 0 amide bonds. The average molecular weight is 393 g/mol. The van der Waals surface area contributed by atoms with Crippen molar-refractivity contribution in [1.82, 2.24) is 9.88 Å². The average Bonchev–Trinajstić information content (AvgIpc) is 3.05. The topological polar surface area (TPSA) is 70.4 Å². The molecule has 3 heterocycles. The second-order valence-electron chi connectivity index (χ2n) is 7.95. The standard InChI is InChI=1S/C23H28N4O2/c24-14-20-6-7-22(25-15-20)26-16-21-8-10-23(29-21)17-27(12-13-28-18-23)11-9-19-4-2-1-3-5-19/h1-7,15,21H,8-13,16-18H2,(H,25,26). The Bertz CT molecular complexity index is 821. The number of hydrogen-bond donors (Lipinski definition) is 1. The molecule has 29 heavy (non-hydrogen) atoms. The van der Waals surface area contributed by atoms with Crippen LogP contribution >= 0.6 is 0 Å². The van der Waals surface area contributed by atoms with Crippen LogP contribution in [0.25, 0.3) is 0 Å². The van der Waals surface area contributed by atoms with Crippen molar-refractivity contribution in [1.29, 1.82) is 5.26 Å². The summed E-state index contributed by atoms with van der Waals surface area (Å²) in [6.07, 6.45) is 4.81. The number of benzene rings is 1. The maximum atomic E-state index is 8.87. The van der Waals surface area contributed by atoms with Crippen molar-refractivity contribution in [2.75, 3.05) is 44.7 Å². The molecule has 1 N–H and O–H groups in total. The van der Waals surface area contributed by atoms with E-state index in [2.05, 4.69) is 51.6 Å². The van der Waals surface area contributed by atoms with Gasteiger partial charge in [-0.3, -0.25) is 4.90 Å². The summed E-state index contributed by atoms with van der Waals surface area (Å²) < 4.78 is 12.4. The summed E-state index contributed by atoms with van der Waals surface area (Å²) in [5, 5.41) is 12.2. The molecule has 0 radical (unpaired) electrons. The summed E-state index contributed by atoms with van der Waals surface area (Å²) >= 11 is 0. The zero-order chi connectivity index (χ0) is 19.9. The van der Waals surface area contributed by atoms with Gasteiger partial charge in [0.1, 0.15) is 17.5 Å². The Labute approximate surface area is 172 Å². The number of nitrogens with one attached hydrogen (secondary N) is 1. The van der Waals surface area contributed by atoms with Gasteiger partial charge in [0.2, 0.25) is 0 Å². The SMILES string of the molecule is N#Cc1ccc(NCC2CCC3(COCCN(CCc4ccccc4)C3)O2)nc1. The molecule has 2 aliphatic rings. The van der Waals surface area contributed by atoms with Gasteiger partial charge in [0, 0.05) is 32.4 Å². The number of nitrogens with zero attached hydrogens (tertiary/aromatic N) is 3. The molecule has 1 aromatic heterocycles. The van der Waals surface area contributed by atoms with Crippen LogP contribution in [-0.2, 0) is 15.9 Å². The monoisotopic (exact) mass is 392 g/mol. The van der Waals surface area contributed by atoms with Gasteiger partial charge in [-0.15, -0.1) is 0 Å². The smallest absolute Gasteiger partial charge is 0.126 e. The van der Waals surface area contributed by atoms with E-state index in [1.54, 1.807) is 12.3 Å². The van der Waals surface area contributed by atoms with Gasteiger partial charge in [0.05, 0.1) is 24.9 Å². The van der Waals surface area contributed by atoms with E-state index in [1.165, 1.54) is 5.56 Å². The Hall–Kier alpha value is -2.46. The molecule has 1 aromatic carbocycles. The summed E-state index contributed by atoms with van der Waals surface area (Å²) in [7, 11) is 0. The van der Waals surface area contributed by atoms with Gasteiger partial charge in [-0.25, -0.2) is 4.98 Å². The largest absolute Gasteiger partial charge is 0.377 e. The van der Waals surface area contributed by atoms with Crippen LogP contribution in [0.5, 0.6) is 0 Å². The van der Waals surface area contributed by atoms with E-state index in [1.807, 2.05) is 6.07 Å². The third-order valence-corrected chi connectivity index (χ3v) is 5.73. The Morgan fingerprint density at radius 1 is 1.24 bits per heavy atom. The number of nitriles is 1. The molecular weight excluding hydrogens is 364 g/mol. The van der Waals surface area contributed by atoms with Crippen LogP contribution in [0.15, 0.2) is 48.7 Å². The Balaban J connectivity index is 1.29. The lowest BCUT2D eigenvalue weighted by Gasteiger charge is -2.32. The van der Waals surface area contributed by atoms with Gasteiger partial charge in [0.25, 0.3) is 0 Å². The van der Waals surface area contributed by atoms with E-state index in [0.29, 0.717) is 18.7 Å². The molecule has 2 saturated heterocycles. The number of aromatic nitrogens is 1. The predicted octanol–water partition coefficient (Wildman–Crippen LogP) is 2.86. The highest BCUT2D eigenvalue weighted by Gasteiger charge is 2.42. The van der Waals surface area contributed by atoms with Crippen molar-refractivity contribution in [3.05, 3.63) is 59.8 Å². The van der Waals surface area contributed by atoms with Gasteiger partial charge in [-0.05, 0) is 37.0 Å². The maximum Gasteiger partial charge on any atom is 0.126 e. The zero-order valence-corrected chi connectivity index (χ0v) is 16.7. The van der Waals surface area contributed by atoms with E-state index >= 15 is 0 Å². The lowest BCUT2D eigenvalue weighted by Crippen LogP contribution is -2.45. The predicted molar refractivity (Wildman–Crippen MR) is 112 cm³/mol. The molecule has 0 bridgehead atoms. The van der Waals surface area contributed by atoms with E-state index in [9.17, 15) is 0 Å². The number of hydrogen-bond acceptors (Lipinski definition) is 6. The molecule has 6 nitrogen and oxygen atoms in total. The van der Waals surface area contributed by atoms with Crippen molar-refractivity contribution in [3.63, 3.8) is 0 Å². The van der Waals surface area contributed by atoms with E-state index < -0.39 is 0 Å². The van der Waals surface area contributed by atoms with Crippen LogP contribution < -0.4 is 5.32 Å². The van der Waals surface area contributed by atoms with Crippen LogP contribution in [0.1, 0.15) is 24.0 Å². The van der Waals surface area contributed by atoms with Crippen molar-refractivity contribution >= 4 is 5.82 Å². The van der Waals surface area contributed by atoms with E-state index in [-0.39, 0.29) is 11.7 Å². The van der Waals surface area contributed by atoms with Crippen molar-refractivity contribution in [3.8, 4) is 6.07 Å².